The maximum absolute atomic E-state index is 12.6. The Labute approximate surface area is 232 Å². The van der Waals surface area contributed by atoms with Gasteiger partial charge in [0.05, 0.1) is 22.3 Å². The van der Waals surface area contributed by atoms with Gasteiger partial charge in [0.1, 0.15) is 23.0 Å². The molecule has 0 heterocycles. The molecule has 0 atom stereocenters. The first kappa shape index (κ1) is 28.0. The van der Waals surface area contributed by atoms with Crippen LogP contribution in [0.2, 0.25) is 0 Å². The molecule has 0 aliphatic carbocycles. The van der Waals surface area contributed by atoms with Crippen LogP contribution in [0.5, 0.6) is 23.0 Å². The van der Waals surface area contributed by atoms with Crippen molar-refractivity contribution in [1.82, 2.24) is 21.7 Å². The number of nitrogens with one attached hydrogen (secondary N) is 4. The highest BCUT2D eigenvalue weighted by molar-refractivity contribution is 6.02. The number of benzene rings is 4. The molecule has 0 aliphatic rings. The van der Waals surface area contributed by atoms with Gasteiger partial charge in [0.25, 0.3) is 23.6 Å². The summed E-state index contributed by atoms with van der Waals surface area (Å²) in [6, 6.07) is 20.0. The third-order valence-electron chi connectivity index (χ3n) is 5.90. The van der Waals surface area contributed by atoms with Crippen LogP contribution < -0.4 is 21.7 Å². The van der Waals surface area contributed by atoms with Crippen LogP contribution in [-0.4, -0.2) is 44.1 Å². The number of hydrazine groups is 2. The SMILES string of the molecule is O=C(NNC(=O)c1cc(Cc2ccc(O)c(C(=O)NNC(=O)c3ccccc3O)c2)ccc1O)c1ccccc1O. The Bertz CT molecular complexity index is 1530. The van der Waals surface area contributed by atoms with Crippen molar-refractivity contribution in [1.29, 1.82) is 0 Å². The lowest BCUT2D eigenvalue weighted by Gasteiger charge is -2.12. The summed E-state index contributed by atoms with van der Waals surface area (Å²) in [6.07, 6.45) is 0.176. The van der Waals surface area contributed by atoms with Gasteiger partial charge in [0, 0.05) is 0 Å². The summed E-state index contributed by atoms with van der Waals surface area (Å²) >= 11 is 0. The summed E-state index contributed by atoms with van der Waals surface area (Å²) in [4.78, 5) is 49.8. The molecule has 0 aliphatic heterocycles. The molecule has 0 radical (unpaired) electrons. The quantitative estimate of drug-likeness (QED) is 0.165. The van der Waals surface area contributed by atoms with Gasteiger partial charge < -0.3 is 20.4 Å². The molecule has 12 heteroatoms. The van der Waals surface area contributed by atoms with Gasteiger partial charge >= 0.3 is 0 Å². The molecule has 0 spiro atoms. The van der Waals surface area contributed by atoms with E-state index in [4.69, 9.17) is 0 Å². The molecule has 0 aromatic heterocycles. The summed E-state index contributed by atoms with van der Waals surface area (Å²) in [5.74, 6) is -4.42. The number of hydrogen-bond acceptors (Lipinski definition) is 8. The van der Waals surface area contributed by atoms with Gasteiger partial charge in [-0.3, -0.25) is 40.9 Å². The second-order valence-electron chi connectivity index (χ2n) is 8.73. The lowest BCUT2D eigenvalue weighted by atomic mass is 10.00. The molecule has 0 bridgehead atoms. The minimum atomic E-state index is -0.820. The Kier molecular flexibility index (Phi) is 8.34. The minimum Gasteiger partial charge on any atom is -0.507 e. The van der Waals surface area contributed by atoms with Crippen LogP contribution in [0.1, 0.15) is 52.6 Å². The molecule has 0 fully saturated rings. The van der Waals surface area contributed by atoms with Gasteiger partial charge in [0.2, 0.25) is 0 Å². The van der Waals surface area contributed by atoms with Crippen molar-refractivity contribution in [2.24, 2.45) is 0 Å². The molecule has 4 aromatic carbocycles. The van der Waals surface area contributed by atoms with Gasteiger partial charge in [-0.05, 0) is 66.1 Å². The number of phenolic OH excluding ortho intramolecular Hbond substituents is 4. The van der Waals surface area contributed by atoms with Crippen molar-refractivity contribution in [2.45, 2.75) is 6.42 Å². The van der Waals surface area contributed by atoms with Gasteiger partial charge in [0.15, 0.2) is 0 Å². The van der Waals surface area contributed by atoms with E-state index in [0.29, 0.717) is 11.1 Å². The first-order chi connectivity index (χ1) is 19.6. The van der Waals surface area contributed by atoms with Crippen LogP contribution in [-0.2, 0) is 6.42 Å². The fourth-order valence-electron chi connectivity index (χ4n) is 3.81. The monoisotopic (exact) mass is 556 g/mol. The summed E-state index contributed by atoms with van der Waals surface area (Å²) in [5, 5.41) is 40.0. The average molecular weight is 557 g/mol. The van der Waals surface area contributed by atoms with E-state index in [2.05, 4.69) is 21.7 Å². The highest BCUT2D eigenvalue weighted by Gasteiger charge is 2.18. The second-order valence-corrected chi connectivity index (χ2v) is 8.73. The Hall–Kier alpha value is -6.04. The molecule has 8 N–H and O–H groups in total. The van der Waals surface area contributed by atoms with Crippen molar-refractivity contribution in [2.75, 3.05) is 0 Å². The number of rotatable bonds is 6. The summed E-state index contributed by atoms with van der Waals surface area (Å²) in [5.41, 5.74) is 9.37. The highest BCUT2D eigenvalue weighted by Crippen LogP contribution is 2.24. The van der Waals surface area contributed by atoms with Crippen LogP contribution in [0, 0.1) is 0 Å². The molecule has 0 saturated heterocycles. The highest BCUT2D eigenvalue weighted by atomic mass is 16.3. The standard InChI is InChI=1S/C29H24N4O8/c34-22-7-3-1-5-18(22)26(38)30-32-28(40)20-14-16(9-11-24(20)36)13-17-10-12-25(37)21(15-17)29(41)33-31-27(39)19-6-2-4-8-23(19)35/h1-12,14-15,34-37H,13H2,(H,30,38)(H,31,39)(H,32,40)(H,33,41). The van der Waals surface area contributed by atoms with Gasteiger partial charge in [-0.15, -0.1) is 0 Å². The fourth-order valence-corrected chi connectivity index (χ4v) is 3.81. The second kappa shape index (κ2) is 12.2. The topological polar surface area (TPSA) is 197 Å². The van der Waals surface area contributed by atoms with Gasteiger partial charge in [-0.25, -0.2) is 0 Å². The van der Waals surface area contributed by atoms with Crippen molar-refractivity contribution in [3.05, 3.63) is 118 Å². The van der Waals surface area contributed by atoms with Gasteiger partial charge in [-0.1, -0.05) is 36.4 Å². The predicted octanol–water partition coefficient (Wildman–Crippen LogP) is 2.25. The number of phenols is 4. The number of carbonyl (C=O) groups is 4. The zero-order valence-electron chi connectivity index (χ0n) is 21.2. The molecule has 12 nitrogen and oxygen atoms in total. The molecule has 0 saturated carbocycles. The molecular weight excluding hydrogens is 532 g/mol. The van der Waals surface area contributed by atoms with Crippen molar-refractivity contribution in [3.8, 4) is 23.0 Å². The average Bonchev–Trinajstić information content (AvgIpc) is 2.96. The lowest BCUT2D eigenvalue weighted by Crippen LogP contribution is -2.41. The molecule has 4 amide bonds. The van der Waals surface area contributed by atoms with Gasteiger partial charge in [-0.2, -0.15) is 0 Å². The van der Waals surface area contributed by atoms with E-state index in [1.54, 1.807) is 12.1 Å². The lowest BCUT2D eigenvalue weighted by molar-refractivity contribution is 0.0843. The Morgan fingerprint density at radius 1 is 0.439 bits per heavy atom. The smallest absolute Gasteiger partial charge is 0.273 e. The zero-order chi connectivity index (χ0) is 29.5. The summed E-state index contributed by atoms with van der Waals surface area (Å²) < 4.78 is 0. The maximum atomic E-state index is 12.6. The number of amides is 4. The van der Waals surface area contributed by atoms with Crippen molar-refractivity contribution < 1.29 is 39.6 Å². The number of aromatic hydroxyl groups is 4. The summed E-state index contributed by atoms with van der Waals surface area (Å²) in [6.45, 7) is 0. The van der Waals surface area contributed by atoms with E-state index in [1.807, 2.05) is 0 Å². The molecule has 0 unspecified atom stereocenters. The van der Waals surface area contributed by atoms with Crippen LogP contribution in [0.3, 0.4) is 0 Å². The van der Waals surface area contributed by atoms with E-state index >= 15 is 0 Å². The Morgan fingerprint density at radius 2 is 0.756 bits per heavy atom. The number of para-hydroxylation sites is 2. The van der Waals surface area contributed by atoms with Crippen molar-refractivity contribution in [3.63, 3.8) is 0 Å². The van der Waals surface area contributed by atoms with E-state index in [-0.39, 0.29) is 51.7 Å². The third-order valence-corrected chi connectivity index (χ3v) is 5.90. The van der Waals surface area contributed by atoms with E-state index in [9.17, 15) is 39.6 Å². The van der Waals surface area contributed by atoms with Crippen LogP contribution >= 0.6 is 0 Å². The Morgan fingerprint density at radius 3 is 1.12 bits per heavy atom. The van der Waals surface area contributed by atoms with Crippen molar-refractivity contribution >= 4 is 23.6 Å². The summed E-state index contributed by atoms with van der Waals surface area (Å²) in [7, 11) is 0. The molecule has 208 valence electrons. The third kappa shape index (κ3) is 6.70. The van der Waals surface area contributed by atoms with E-state index < -0.39 is 23.6 Å². The Balaban J connectivity index is 1.42. The van der Waals surface area contributed by atoms with Crippen LogP contribution in [0.15, 0.2) is 84.9 Å². The van der Waals surface area contributed by atoms with E-state index in [1.165, 1.54) is 72.8 Å². The normalized spacial score (nSPS) is 10.3. The number of hydrogen-bond donors (Lipinski definition) is 8. The number of carbonyl (C=O) groups excluding carboxylic acids is 4. The first-order valence-corrected chi connectivity index (χ1v) is 12.0. The molecule has 4 aromatic rings. The fraction of sp³-hybridized carbons (Fsp3) is 0.0345. The first-order valence-electron chi connectivity index (χ1n) is 12.0. The maximum Gasteiger partial charge on any atom is 0.273 e. The zero-order valence-corrected chi connectivity index (χ0v) is 21.2. The molecule has 4 rings (SSSR count). The largest absolute Gasteiger partial charge is 0.507 e. The molecular formula is C29H24N4O8. The molecule has 41 heavy (non-hydrogen) atoms. The minimum absolute atomic E-state index is 0.0595. The van der Waals surface area contributed by atoms with E-state index in [0.717, 1.165) is 0 Å². The van der Waals surface area contributed by atoms with Crippen LogP contribution in [0.25, 0.3) is 0 Å². The van der Waals surface area contributed by atoms with Crippen LogP contribution in [0.4, 0.5) is 0 Å². The predicted molar refractivity (Wildman–Crippen MR) is 145 cm³/mol.